The van der Waals surface area contributed by atoms with Crippen molar-refractivity contribution in [3.8, 4) is 5.75 Å². The van der Waals surface area contributed by atoms with Crippen LogP contribution < -0.4 is 10.1 Å². The van der Waals surface area contributed by atoms with Crippen LogP contribution in [0.1, 0.15) is 17.2 Å². The molecule has 3 aromatic rings. The van der Waals surface area contributed by atoms with Crippen molar-refractivity contribution in [1.29, 1.82) is 0 Å². The fraction of sp³-hybridized carbons (Fsp3) is 0.240. The molecule has 0 atom stereocenters. The van der Waals surface area contributed by atoms with Gasteiger partial charge >= 0.3 is 12.4 Å². The number of piperazine rings is 1. The molecule has 184 valence electrons. The molecule has 1 aliphatic heterocycles. The molecule has 0 unspecified atom stereocenters. The van der Waals surface area contributed by atoms with Crippen LogP contribution in [-0.4, -0.2) is 48.4 Å². The second-order valence-corrected chi connectivity index (χ2v) is 8.00. The summed E-state index contributed by atoms with van der Waals surface area (Å²) in [5.74, 6) is -1.24. The molecule has 1 fully saturated rings. The zero-order valence-corrected chi connectivity index (χ0v) is 18.4. The molecule has 0 aromatic heterocycles. The monoisotopic (exact) mass is 491 g/mol. The highest BCUT2D eigenvalue weighted by Gasteiger charge is 2.33. The molecule has 1 heterocycles. The lowest BCUT2D eigenvalue weighted by atomic mass is 9.96. The summed E-state index contributed by atoms with van der Waals surface area (Å²) in [4.78, 5) is 16.3. The van der Waals surface area contributed by atoms with Crippen LogP contribution in [0.15, 0.2) is 72.8 Å². The van der Waals surface area contributed by atoms with E-state index >= 15 is 0 Å². The van der Waals surface area contributed by atoms with Crippen LogP contribution in [0.3, 0.4) is 0 Å². The molecule has 0 bridgehead atoms. The van der Waals surface area contributed by atoms with Crippen LogP contribution in [0.2, 0.25) is 0 Å². The summed E-state index contributed by atoms with van der Waals surface area (Å²) in [6.07, 6.45) is -4.89. The van der Waals surface area contributed by atoms with Crippen molar-refractivity contribution in [3.63, 3.8) is 0 Å². The van der Waals surface area contributed by atoms with Crippen molar-refractivity contribution >= 4 is 11.7 Å². The van der Waals surface area contributed by atoms with E-state index < -0.39 is 18.1 Å². The zero-order valence-electron chi connectivity index (χ0n) is 18.4. The maximum absolute atomic E-state index is 13.5. The third-order valence-electron chi connectivity index (χ3n) is 5.69. The van der Waals surface area contributed by atoms with Crippen LogP contribution >= 0.6 is 0 Å². The Morgan fingerprint density at radius 1 is 0.800 bits per heavy atom. The number of rotatable bonds is 5. The Bertz CT molecular complexity index is 1100. The van der Waals surface area contributed by atoms with E-state index in [1.807, 2.05) is 0 Å². The van der Waals surface area contributed by atoms with E-state index in [0.717, 1.165) is 17.2 Å². The number of hydrogen-bond acceptors (Lipinski definition) is 3. The average Bonchev–Trinajstić information content (AvgIpc) is 2.82. The second kappa shape index (κ2) is 10.3. The van der Waals surface area contributed by atoms with Gasteiger partial charge in [0.15, 0.2) is 5.75 Å². The third-order valence-corrected chi connectivity index (χ3v) is 5.69. The molecule has 35 heavy (non-hydrogen) atoms. The molecule has 0 spiro atoms. The smallest absolute Gasteiger partial charge is 0.404 e. The number of benzene rings is 3. The molecular weight excluding hydrogens is 469 g/mol. The van der Waals surface area contributed by atoms with Crippen molar-refractivity contribution in [3.05, 3.63) is 95.6 Å². The largest absolute Gasteiger partial charge is 0.573 e. The lowest BCUT2D eigenvalue weighted by Gasteiger charge is -2.39. The highest BCUT2D eigenvalue weighted by atomic mass is 19.4. The van der Waals surface area contributed by atoms with Gasteiger partial charge in [-0.15, -0.1) is 13.2 Å². The standard InChI is InChI=1S/C25H22F5N3O2/c26-19-9-5-17(6-10-19)23(18-7-11-20(27)12-8-18)32-13-15-33(16-14-32)24(34)31-21-3-1-2-4-22(21)35-25(28,29)30/h1-12,23H,13-16H2,(H,31,34). The number of alkyl halides is 3. The van der Waals surface area contributed by atoms with E-state index in [1.165, 1.54) is 47.4 Å². The molecule has 1 saturated heterocycles. The second-order valence-electron chi connectivity index (χ2n) is 8.00. The van der Waals surface area contributed by atoms with Crippen molar-refractivity contribution in [1.82, 2.24) is 9.80 Å². The Labute approximate surface area is 198 Å². The lowest BCUT2D eigenvalue weighted by molar-refractivity contribution is -0.274. The maximum atomic E-state index is 13.5. The lowest BCUT2D eigenvalue weighted by Crippen LogP contribution is -2.51. The Morgan fingerprint density at radius 3 is 1.83 bits per heavy atom. The molecule has 1 aliphatic rings. The SMILES string of the molecule is O=C(Nc1ccccc1OC(F)(F)F)N1CCN(C(c2ccc(F)cc2)c2ccc(F)cc2)CC1. The molecule has 5 nitrogen and oxygen atoms in total. The Balaban J connectivity index is 1.46. The normalized spacial score (nSPS) is 14.7. The van der Waals surface area contributed by atoms with E-state index in [-0.39, 0.29) is 23.4 Å². The summed E-state index contributed by atoms with van der Waals surface area (Å²) in [5.41, 5.74) is 1.54. The summed E-state index contributed by atoms with van der Waals surface area (Å²) in [7, 11) is 0. The molecular formula is C25H22F5N3O2. The van der Waals surface area contributed by atoms with Crippen LogP contribution in [-0.2, 0) is 0 Å². The average molecular weight is 491 g/mol. The quantitative estimate of drug-likeness (QED) is 0.459. The Kier molecular flexibility index (Phi) is 7.20. The van der Waals surface area contributed by atoms with Gasteiger partial charge in [-0.05, 0) is 47.5 Å². The number of nitrogens with one attached hydrogen (secondary N) is 1. The molecule has 0 saturated carbocycles. The van der Waals surface area contributed by atoms with Crippen molar-refractivity contribution in [2.75, 3.05) is 31.5 Å². The first-order valence-electron chi connectivity index (χ1n) is 10.9. The zero-order chi connectivity index (χ0) is 25.0. The van der Waals surface area contributed by atoms with E-state index in [4.69, 9.17) is 0 Å². The molecule has 2 amide bonds. The molecule has 10 heteroatoms. The molecule has 0 aliphatic carbocycles. The summed E-state index contributed by atoms with van der Waals surface area (Å²) < 4.78 is 69.0. The van der Waals surface area contributed by atoms with Gasteiger partial charge in [0.1, 0.15) is 11.6 Å². The fourth-order valence-electron chi connectivity index (χ4n) is 4.07. The minimum absolute atomic E-state index is 0.0900. The number of ether oxygens (including phenoxy) is 1. The highest BCUT2D eigenvalue weighted by molar-refractivity contribution is 5.91. The van der Waals surface area contributed by atoms with Gasteiger partial charge in [0.05, 0.1) is 11.7 Å². The van der Waals surface area contributed by atoms with Crippen LogP contribution in [0, 0.1) is 11.6 Å². The number of carbonyl (C=O) groups is 1. The minimum atomic E-state index is -4.89. The van der Waals surface area contributed by atoms with E-state index in [2.05, 4.69) is 15.0 Å². The van der Waals surface area contributed by atoms with Gasteiger partial charge in [-0.1, -0.05) is 36.4 Å². The third kappa shape index (κ3) is 6.27. The molecule has 0 radical (unpaired) electrons. The van der Waals surface area contributed by atoms with Gasteiger partial charge in [0.2, 0.25) is 0 Å². The number of amides is 2. The number of carbonyl (C=O) groups excluding carboxylic acids is 1. The fourth-order valence-corrected chi connectivity index (χ4v) is 4.07. The summed E-state index contributed by atoms with van der Waals surface area (Å²) >= 11 is 0. The van der Waals surface area contributed by atoms with Gasteiger partial charge in [-0.2, -0.15) is 0 Å². The van der Waals surface area contributed by atoms with Crippen molar-refractivity contribution < 1.29 is 31.5 Å². The summed E-state index contributed by atoms with van der Waals surface area (Å²) in [6, 6.07) is 16.6. The topological polar surface area (TPSA) is 44.8 Å². The van der Waals surface area contributed by atoms with Crippen LogP contribution in [0.5, 0.6) is 5.75 Å². The molecule has 1 N–H and O–H groups in total. The number of anilines is 1. The Morgan fingerprint density at radius 2 is 1.31 bits per heavy atom. The number of para-hydroxylation sites is 2. The van der Waals surface area contributed by atoms with Gasteiger partial charge in [-0.25, -0.2) is 13.6 Å². The first kappa shape index (κ1) is 24.5. The van der Waals surface area contributed by atoms with Gasteiger partial charge < -0.3 is 15.0 Å². The Hall–Kier alpha value is -3.66. The number of urea groups is 1. The maximum Gasteiger partial charge on any atom is 0.573 e. The number of nitrogens with zero attached hydrogens (tertiary/aromatic N) is 2. The van der Waals surface area contributed by atoms with Gasteiger partial charge in [0, 0.05) is 26.2 Å². The van der Waals surface area contributed by atoms with Crippen molar-refractivity contribution in [2.24, 2.45) is 0 Å². The first-order chi connectivity index (χ1) is 16.7. The van der Waals surface area contributed by atoms with Crippen molar-refractivity contribution in [2.45, 2.75) is 12.4 Å². The van der Waals surface area contributed by atoms with E-state index in [1.54, 1.807) is 24.3 Å². The van der Waals surface area contributed by atoms with Crippen LogP contribution in [0.25, 0.3) is 0 Å². The van der Waals surface area contributed by atoms with Crippen LogP contribution in [0.4, 0.5) is 32.4 Å². The molecule has 4 rings (SSSR count). The number of halogens is 5. The summed E-state index contributed by atoms with van der Waals surface area (Å²) in [6.45, 7) is 1.47. The highest BCUT2D eigenvalue weighted by Crippen LogP contribution is 2.32. The predicted molar refractivity (Wildman–Crippen MR) is 120 cm³/mol. The predicted octanol–water partition coefficient (Wildman–Crippen LogP) is 5.80. The minimum Gasteiger partial charge on any atom is -0.404 e. The first-order valence-corrected chi connectivity index (χ1v) is 10.9. The van der Waals surface area contributed by atoms with E-state index in [0.29, 0.717) is 26.2 Å². The van der Waals surface area contributed by atoms with Gasteiger partial charge in [0.25, 0.3) is 0 Å². The van der Waals surface area contributed by atoms with E-state index in [9.17, 15) is 26.7 Å². The van der Waals surface area contributed by atoms with Gasteiger partial charge in [-0.3, -0.25) is 4.90 Å². The molecule has 3 aromatic carbocycles. The summed E-state index contributed by atoms with van der Waals surface area (Å²) in [5, 5.41) is 2.48. The number of hydrogen-bond donors (Lipinski definition) is 1.